The van der Waals surface area contributed by atoms with E-state index in [9.17, 15) is 4.79 Å². The second-order valence-corrected chi connectivity index (χ2v) is 5.44. The van der Waals surface area contributed by atoms with Crippen molar-refractivity contribution in [3.05, 3.63) is 23.0 Å². The molecule has 1 aromatic rings. The fraction of sp³-hybridized carbons (Fsp3) is 0.538. The molecule has 1 fully saturated rings. The lowest BCUT2D eigenvalue weighted by Crippen LogP contribution is -2.54. The number of nitrogens with two attached hydrogens (primary N) is 1. The van der Waals surface area contributed by atoms with Gasteiger partial charge >= 0.3 is 0 Å². The maximum atomic E-state index is 12.2. The average molecular weight is 283 g/mol. The highest BCUT2D eigenvalue weighted by Gasteiger charge is 2.27. The zero-order chi connectivity index (χ0) is 14.0. The van der Waals surface area contributed by atoms with Crippen LogP contribution in [0.2, 0.25) is 5.15 Å². The molecule has 1 aliphatic heterocycles. The Balaban J connectivity index is 2.14. The van der Waals surface area contributed by atoms with Gasteiger partial charge in [-0.2, -0.15) is 0 Å². The molecule has 0 spiro atoms. The zero-order valence-electron chi connectivity index (χ0n) is 11.2. The van der Waals surface area contributed by atoms with Crippen LogP contribution in [0.5, 0.6) is 0 Å². The maximum absolute atomic E-state index is 12.2. The van der Waals surface area contributed by atoms with E-state index >= 15 is 0 Å². The molecule has 2 atom stereocenters. The first kappa shape index (κ1) is 14.1. The van der Waals surface area contributed by atoms with Crippen molar-refractivity contribution in [1.29, 1.82) is 0 Å². The fourth-order valence-corrected chi connectivity index (χ4v) is 2.63. The van der Waals surface area contributed by atoms with Gasteiger partial charge in [0.25, 0.3) is 5.91 Å². The number of rotatable bonds is 2. The highest BCUT2D eigenvalue weighted by atomic mass is 35.5. The van der Waals surface area contributed by atoms with Crippen LogP contribution >= 0.6 is 11.6 Å². The number of hydrogen-bond acceptors (Lipinski definition) is 4. The molecule has 0 radical (unpaired) electrons. The number of hydrogen-bond donors (Lipinski definition) is 2. The summed E-state index contributed by atoms with van der Waals surface area (Å²) in [6, 6.07) is 2.19. The van der Waals surface area contributed by atoms with E-state index in [1.807, 2.05) is 5.01 Å². The normalized spacial score (nSPS) is 24.2. The van der Waals surface area contributed by atoms with Crippen LogP contribution in [-0.2, 0) is 0 Å². The third-order valence-electron chi connectivity index (χ3n) is 3.53. The minimum Gasteiger partial charge on any atom is -0.397 e. The molecule has 0 saturated carbocycles. The molecule has 1 amide bonds. The van der Waals surface area contributed by atoms with Gasteiger partial charge < -0.3 is 5.73 Å². The van der Waals surface area contributed by atoms with Gasteiger partial charge in [0, 0.05) is 12.1 Å². The highest BCUT2D eigenvalue weighted by Crippen LogP contribution is 2.21. The molecule has 0 aliphatic carbocycles. The SMILES string of the molecule is CC1CCCC(C)N1NC(=O)c1cc(N)cnc1Cl. The molecule has 6 heteroatoms. The molecule has 2 heterocycles. The van der Waals surface area contributed by atoms with Crippen molar-refractivity contribution >= 4 is 23.2 Å². The van der Waals surface area contributed by atoms with E-state index in [0.29, 0.717) is 23.3 Å². The van der Waals surface area contributed by atoms with E-state index in [1.54, 1.807) is 6.07 Å². The van der Waals surface area contributed by atoms with Crippen molar-refractivity contribution in [2.75, 3.05) is 5.73 Å². The van der Waals surface area contributed by atoms with E-state index in [2.05, 4.69) is 24.3 Å². The number of carbonyl (C=O) groups is 1. The number of nitrogen functional groups attached to an aromatic ring is 1. The molecule has 1 aliphatic rings. The topological polar surface area (TPSA) is 71.2 Å². The van der Waals surface area contributed by atoms with Crippen LogP contribution in [-0.4, -0.2) is 28.0 Å². The Morgan fingerprint density at radius 1 is 1.47 bits per heavy atom. The number of nitrogens with one attached hydrogen (secondary N) is 1. The lowest BCUT2D eigenvalue weighted by molar-refractivity contribution is 0.0369. The smallest absolute Gasteiger partial charge is 0.268 e. The number of nitrogens with zero attached hydrogens (tertiary/aromatic N) is 2. The second-order valence-electron chi connectivity index (χ2n) is 5.08. The molecule has 0 aromatic carbocycles. The summed E-state index contributed by atoms with van der Waals surface area (Å²) in [5, 5.41) is 2.16. The van der Waals surface area contributed by atoms with Gasteiger partial charge in [0.15, 0.2) is 0 Å². The Kier molecular flexibility index (Phi) is 4.27. The summed E-state index contributed by atoms with van der Waals surface area (Å²) in [4.78, 5) is 16.1. The largest absolute Gasteiger partial charge is 0.397 e. The number of piperidine rings is 1. The lowest BCUT2D eigenvalue weighted by atomic mass is 10.00. The van der Waals surface area contributed by atoms with Crippen molar-refractivity contribution in [3.8, 4) is 0 Å². The Hall–Kier alpha value is -1.33. The van der Waals surface area contributed by atoms with Crippen LogP contribution in [0.1, 0.15) is 43.5 Å². The summed E-state index contributed by atoms with van der Waals surface area (Å²) in [6.45, 7) is 4.21. The molecule has 19 heavy (non-hydrogen) atoms. The van der Waals surface area contributed by atoms with Crippen molar-refractivity contribution in [2.24, 2.45) is 0 Å². The number of anilines is 1. The van der Waals surface area contributed by atoms with Gasteiger partial charge in [-0.25, -0.2) is 9.99 Å². The van der Waals surface area contributed by atoms with Crippen molar-refractivity contribution in [1.82, 2.24) is 15.4 Å². The molecule has 5 nitrogen and oxygen atoms in total. The number of halogens is 1. The summed E-state index contributed by atoms with van der Waals surface area (Å²) >= 11 is 5.94. The average Bonchev–Trinajstić information content (AvgIpc) is 2.37. The number of aromatic nitrogens is 1. The van der Waals surface area contributed by atoms with Gasteiger partial charge in [0.05, 0.1) is 17.4 Å². The first-order valence-electron chi connectivity index (χ1n) is 6.49. The standard InChI is InChI=1S/C13H19ClN4O/c1-8-4-3-5-9(2)18(8)17-13(19)11-6-10(15)7-16-12(11)14/h6-9H,3-5,15H2,1-2H3,(H,17,19). The van der Waals surface area contributed by atoms with Gasteiger partial charge in [-0.05, 0) is 32.8 Å². The van der Waals surface area contributed by atoms with E-state index in [0.717, 1.165) is 12.8 Å². The van der Waals surface area contributed by atoms with Crippen LogP contribution in [0.4, 0.5) is 5.69 Å². The van der Waals surface area contributed by atoms with Gasteiger partial charge in [0.1, 0.15) is 5.15 Å². The molecule has 1 saturated heterocycles. The lowest BCUT2D eigenvalue weighted by Gasteiger charge is -2.38. The summed E-state index contributed by atoms with van der Waals surface area (Å²) in [6.07, 6.45) is 4.78. The van der Waals surface area contributed by atoms with Crippen molar-refractivity contribution < 1.29 is 4.79 Å². The molecule has 3 N–H and O–H groups in total. The number of hydrazine groups is 1. The Labute approximate surface area is 118 Å². The fourth-order valence-electron chi connectivity index (χ4n) is 2.44. The van der Waals surface area contributed by atoms with E-state index in [4.69, 9.17) is 17.3 Å². The van der Waals surface area contributed by atoms with Gasteiger partial charge in [-0.1, -0.05) is 18.0 Å². The predicted molar refractivity (Wildman–Crippen MR) is 75.7 cm³/mol. The Morgan fingerprint density at radius 3 is 2.74 bits per heavy atom. The first-order valence-corrected chi connectivity index (χ1v) is 6.87. The summed E-state index contributed by atoms with van der Waals surface area (Å²) < 4.78 is 0. The van der Waals surface area contributed by atoms with Crippen LogP contribution in [0.25, 0.3) is 0 Å². The molecule has 2 rings (SSSR count). The van der Waals surface area contributed by atoms with Gasteiger partial charge in [0.2, 0.25) is 0 Å². The number of amides is 1. The minimum absolute atomic E-state index is 0.170. The Morgan fingerprint density at radius 2 is 2.11 bits per heavy atom. The molecule has 2 unspecified atom stereocenters. The second kappa shape index (κ2) is 5.75. The summed E-state index contributed by atoms with van der Waals surface area (Å²) in [5.41, 5.74) is 9.29. The van der Waals surface area contributed by atoms with Crippen molar-refractivity contribution in [2.45, 2.75) is 45.2 Å². The number of pyridine rings is 1. The van der Waals surface area contributed by atoms with Crippen LogP contribution in [0.15, 0.2) is 12.3 Å². The molecule has 1 aromatic heterocycles. The summed E-state index contributed by atoms with van der Waals surface area (Å²) in [7, 11) is 0. The third-order valence-corrected chi connectivity index (χ3v) is 3.83. The zero-order valence-corrected chi connectivity index (χ0v) is 11.9. The van der Waals surface area contributed by atoms with Crippen molar-refractivity contribution in [3.63, 3.8) is 0 Å². The molecule has 104 valence electrons. The van der Waals surface area contributed by atoms with E-state index < -0.39 is 0 Å². The van der Waals surface area contributed by atoms with Crippen LogP contribution in [0, 0.1) is 0 Å². The predicted octanol–water partition coefficient (Wildman–Crippen LogP) is 2.22. The quantitative estimate of drug-likeness (QED) is 0.816. The van der Waals surface area contributed by atoms with E-state index in [-0.39, 0.29) is 11.1 Å². The first-order chi connectivity index (χ1) is 8.99. The summed E-state index contributed by atoms with van der Waals surface area (Å²) in [5.74, 6) is -0.259. The van der Waals surface area contributed by atoms with Crippen LogP contribution in [0.3, 0.4) is 0 Å². The minimum atomic E-state index is -0.259. The highest BCUT2D eigenvalue weighted by molar-refractivity contribution is 6.32. The monoisotopic (exact) mass is 282 g/mol. The van der Waals surface area contributed by atoms with Crippen LogP contribution < -0.4 is 11.2 Å². The molecule has 0 bridgehead atoms. The van der Waals surface area contributed by atoms with Gasteiger partial charge in [-0.15, -0.1) is 0 Å². The Bertz CT molecular complexity index is 470. The molecular formula is C13H19ClN4O. The third kappa shape index (κ3) is 3.16. The van der Waals surface area contributed by atoms with E-state index in [1.165, 1.54) is 12.6 Å². The number of carbonyl (C=O) groups excluding carboxylic acids is 1. The maximum Gasteiger partial charge on any atom is 0.268 e. The van der Waals surface area contributed by atoms with Gasteiger partial charge in [-0.3, -0.25) is 10.2 Å². The molecular weight excluding hydrogens is 264 g/mol.